The largest absolute Gasteiger partial charge is 0.393 e. The molecule has 0 heterocycles. The Balaban J connectivity index is 2.41. The normalized spacial score (nSPS) is 11.8. The smallest absolute Gasteiger partial charge is 0.0991 e. The van der Waals surface area contributed by atoms with Crippen LogP contribution in [0.5, 0.6) is 0 Å². The summed E-state index contributed by atoms with van der Waals surface area (Å²) in [6.45, 7) is 2.50. The van der Waals surface area contributed by atoms with E-state index < -0.39 is 0 Å². The molecule has 1 aromatic carbocycles. The highest BCUT2D eigenvalue weighted by Gasteiger charge is 1.95. The summed E-state index contributed by atoms with van der Waals surface area (Å²) >= 11 is 0. The van der Waals surface area contributed by atoms with Crippen LogP contribution in [0.1, 0.15) is 18.9 Å². The van der Waals surface area contributed by atoms with Crippen LogP contribution in [0.2, 0.25) is 0 Å². The van der Waals surface area contributed by atoms with Crippen molar-refractivity contribution in [3.8, 4) is 6.07 Å². The Morgan fingerprint density at radius 2 is 2.07 bits per heavy atom. The minimum atomic E-state index is -0.277. The summed E-state index contributed by atoms with van der Waals surface area (Å²) in [5.74, 6) is 0. The molecule has 3 nitrogen and oxygen atoms in total. The van der Waals surface area contributed by atoms with Crippen LogP contribution in [0.4, 0.5) is 5.69 Å². The summed E-state index contributed by atoms with van der Waals surface area (Å²) in [5, 5.41) is 20.8. The maximum atomic E-state index is 9.03. The third-order valence-corrected chi connectivity index (χ3v) is 1.91. The predicted molar refractivity (Wildman–Crippen MR) is 55.9 cm³/mol. The fraction of sp³-hybridized carbons (Fsp3) is 0.364. The van der Waals surface area contributed by atoms with Gasteiger partial charge in [0.15, 0.2) is 0 Å². The maximum absolute atomic E-state index is 9.03. The van der Waals surface area contributed by atoms with Gasteiger partial charge in [-0.3, -0.25) is 0 Å². The van der Waals surface area contributed by atoms with E-state index in [1.54, 1.807) is 19.1 Å². The average Bonchev–Trinajstić information content (AvgIpc) is 2.18. The van der Waals surface area contributed by atoms with Crippen molar-refractivity contribution in [3.05, 3.63) is 29.8 Å². The van der Waals surface area contributed by atoms with E-state index in [4.69, 9.17) is 10.4 Å². The van der Waals surface area contributed by atoms with Crippen molar-refractivity contribution in [2.45, 2.75) is 19.4 Å². The van der Waals surface area contributed by atoms with E-state index in [9.17, 15) is 0 Å². The minimum absolute atomic E-state index is 0.277. The first-order valence-corrected chi connectivity index (χ1v) is 4.64. The van der Waals surface area contributed by atoms with Crippen LogP contribution in [0.3, 0.4) is 0 Å². The third kappa shape index (κ3) is 3.46. The van der Waals surface area contributed by atoms with Gasteiger partial charge in [0.1, 0.15) is 0 Å². The summed E-state index contributed by atoms with van der Waals surface area (Å²) in [4.78, 5) is 0. The van der Waals surface area contributed by atoms with Crippen LogP contribution in [-0.2, 0) is 0 Å². The lowest BCUT2D eigenvalue weighted by molar-refractivity contribution is 0.189. The number of nitrogens with zero attached hydrogens (tertiary/aromatic N) is 1. The summed E-state index contributed by atoms with van der Waals surface area (Å²) in [6.07, 6.45) is 0.445. The number of anilines is 1. The van der Waals surface area contributed by atoms with E-state index in [1.165, 1.54) is 0 Å². The fourth-order valence-corrected chi connectivity index (χ4v) is 1.09. The van der Waals surface area contributed by atoms with Crippen molar-refractivity contribution in [1.82, 2.24) is 0 Å². The molecule has 74 valence electrons. The maximum Gasteiger partial charge on any atom is 0.0991 e. The van der Waals surface area contributed by atoms with Gasteiger partial charge in [0.25, 0.3) is 0 Å². The van der Waals surface area contributed by atoms with Gasteiger partial charge in [0.2, 0.25) is 0 Å². The van der Waals surface area contributed by atoms with Gasteiger partial charge in [-0.15, -0.1) is 0 Å². The number of aliphatic hydroxyl groups is 1. The molecule has 2 N–H and O–H groups in total. The van der Waals surface area contributed by atoms with E-state index in [1.807, 2.05) is 12.1 Å². The molecular weight excluding hydrogens is 176 g/mol. The molecule has 0 saturated carbocycles. The van der Waals surface area contributed by atoms with Crippen LogP contribution >= 0.6 is 0 Å². The molecule has 1 atom stereocenters. The first-order valence-electron chi connectivity index (χ1n) is 4.64. The highest BCUT2D eigenvalue weighted by molar-refractivity contribution is 5.46. The van der Waals surface area contributed by atoms with E-state index >= 15 is 0 Å². The fourth-order valence-electron chi connectivity index (χ4n) is 1.09. The third-order valence-electron chi connectivity index (χ3n) is 1.91. The van der Waals surface area contributed by atoms with Crippen LogP contribution < -0.4 is 5.32 Å². The average molecular weight is 190 g/mol. The van der Waals surface area contributed by atoms with Gasteiger partial charge in [-0.2, -0.15) is 5.26 Å². The Morgan fingerprint density at radius 3 is 2.57 bits per heavy atom. The number of aliphatic hydroxyl groups excluding tert-OH is 1. The monoisotopic (exact) mass is 190 g/mol. The number of nitrogens with one attached hydrogen (secondary N) is 1. The number of hydrogen-bond donors (Lipinski definition) is 2. The lowest BCUT2D eigenvalue weighted by atomic mass is 10.2. The Kier molecular flexibility index (Phi) is 3.96. The highest BCUT2D eigenvalue weighted by Crippen LogP contribution is 2.08. The molecule has 0 fully saturated rings. The zero-order valence-corrected chi connectivity index (χ0v) is 8.20. The van der Waals surface area contributed by atoms with Gasteiger partial charge in [0.05, 0.1) is 17.7 Å². The van der Waals surface area contributed by atoms with Crippen molar-refractivity contribution in [2.24, 2.45) is 0 Å². The van der Waals surface area contributed by atoms with E-state index in [-0.39, 0.29) is 6.10 Å². The Hall–Kier alpha value is -1.53. The molecule has 1 unspecified atom stereocenters. The number of benzene rings is 1. The van der Waals surface area contributed by atoms with Crippen molar-refractivity contribution < 1.29 is 5.11 Å². The molecule has 0 amide bonds. The summed E-state index contributed by atoms with van der Waals surface area (Å²) < 4.78 is 0. The van der Waals surface area contributed by atoms with Gasteiger partial charge in [-0.25, -0.2) is 0 Å². The number of nitriles is 1. The van der Waals surface area contributed by atoms with Gasteiger partial charge in [-0.05, 0) is 37.6 Å². The second kappa shape index (κ2) is 5.25. The lowest BCUT2D eigenvalue weighted by Gasteiger charge is -2.07. The van der Waals surface area contributed by atoms with Crippen molar-refractivity contribution in [3.63, 3.8) is 0 Å². The lowest BCUT2D eigenvalue weighted by Crippen LogP contribution is -2.09. The first-order chi connectivity index (χ1) is 6.72. The van der Waals surface area contributed by atoms with Gasteiger partial charge in [-0.1, -0.05) is 0 Å². The highest BCUT2D eigenvalue weighted by atomic mass is 16.3. The Bertz CT molecular complexity index is 311. The molecule has 0 saturated heterocycles. The number of rotatable bonds is 4. The molecule has 0 aliphatic rings. The predicted octanol–water partition coefficient (Wildman–Crippen LogP) is 1.74. The van der Waals surface area contributed by atoms with Crippen LogP contribution in [-0.4, -0.2) is 17.8 Å². The summed E-state index contributed by atoms with van der Waals surface area (Å²) in [6, 6.07) is 9.32. The Labute approximate surface area is 84.0 Å². The Morgan fingerprint density at radius 1 is 1.43 bits per heavy atom. The van der Waals surface area contributed by atoms with Crippen LogP contribution in [0.25, 0.3) is 0 Å². The molecule has 0 aliphatic heterocycles. The second-order valence-electron chi connectivity index (χ2n) is 3.25. The molecule has 1 aromatic rings. The van der Waals surface area contributed by atoms with Crippen molar-refractivity contribution in [1.29, 1.82) is 5.26 Å². The molecule has 0 radical (unpaired) electrons. The topological polar surface area (TPSA) is 56.0 Å². The van der Waals surface area contributed by atoms with Crippen molar-refractivity contribution in [2.75, 3.05) is 11.9 Å². The van der Waals surface area contributed by atoms with E-state index in [0.29, 0.717) is 5.56 Å². The molecule has 0 bridgehead atoms. The van der Waals surface area contributed by atoms with Gasteiger partial charge in [0, 0.05) is 12.2 Å². The summed E-state index contributed by atoms with van der Waals surface area (Å²) in [5.41, 5.74) is 1.63. The summed E-state index contributed by atoms with van der Waals surface area (Å²) in [7, 11) is 0. The minimum Gasteiger partial charge on any atom is -0.393 e. The van der Waals surface area contributed by atoms with Crippen molar-refractivity contribution >= 4 is 5.69 Å². The molecule has 14 heavy (non-hydrogen) atoms. The molecule has 1 rings (SSSR count). The molecule has 0 aliphatic carbocycles. The van der Waals surface area contributed by atoms with Crippen LogP contribution in [0, 0.1) is 11.3 Å². The number of hydrogen-bond acceptors (Lipinski definition) is 3. The van der Waals surface area contributed by atoms with Gasteiger partial charge < -0.3 is 10.4 Å². The second-order valence-corrected chi connectivity index (χ2v) is 3.25. The zero-order chi connectivity index (χ0) is 10.4. The van der Waals surface area contributed by atoms with Gasteiger partial charge >= 0.3 is 0 Å². The van der Waals surface area contributed by atoms with Crippen LogP contribution in [0.15, 0.2) is 24.3 Å². The van der Waals surface area contributed by atoms with E-state index in [2.05, 4.69) is 11.4 Å². The molecule has 3 heteroatoms. The molecule has 0 aromatic heterocycles. The standard InChI is InChI=1S/C11H14N2O/c1-9(14)6-7-13-11-4-2-10(8-12)3-5-11/h2-5,9,13-14H,6-7H2,1H3. The quantitative estimate of drug-likeness (QED) is 0.760. The SMILES string of the molecule is CC(O)CCNc1ccc(C#N)cc1. The van der Waals surface area contributed by atoms with E-state index in [0.717, 1.165) is 18.7 Å². The molecular formula is C11H14N2O. The zero-order valence-electron chi connectivity index (χ0n) is 8.20. The first kappa shape index (κ1) is 10.6. The molecule has 0 spiro atoms.